The zero-order valence-corrected chi connectivity index (χ0v) is 11.8. The van der Waals surface area contributed by atoms with Crippen molar-refractivity contribution in [2.45, 2.75) is 51.9 Å². The topological polar surface area (TPSA) is 80.7 Å². The van der Waals surface area contributed by atoms with E-state index in [4.69, 9.17) is 5.11 Å². The van der Waals surface area contributed by atoms with Gasteiger partial charge in [-0.1, -0.05) is 19.8 Å². The predicted octanol–water partition coefficient (Wildman–Crippen LogP) is 2.22. The van der Waals surface area contributed by atoms with Crippen LogP contribution in [0.3, 0.4) is 0 Å². The van der Waals surface area contributed by atoms with Crippen molar-refractivity contribution >= 4 is 17.5 Å². The van der Waals surface area contributed by atoms with E-state index in [1.807, 2.05) is 6.92 Å². The van der Waals surface area contributed by atoms with Crippen LogP contribution in [0.2, 0.25) is 0 Å². The molecule has 1 atom stereocenters. The van der Waals surface area contributed by atoms with Crippen molar-refractivity contribution in [3.05, 3.63) is 0 Å². The van der Waals surface area contributed by atoms with Gasteiger partial charge in [-0.2, -0.15) is 0 Å². The highest BCUT2D eigenvalue weighted by Gasteiger charge is 2.20. The molecular formula is C14H24O5. The lowest BCUT2D eigenvalue weighted by atomic mass is 9.95. The van der Waals surface area contributed by atoms with E-state index in [1.165, 1.54) is 7.11 Å². The molecule has 0 spiro atoms. The molecular weight excluding hydrogens is 248 g/mol. The van der Waals surface area contributed by atoms with Gasteiger partial charge in [-0.15, -0.1) is 0 Å². The fourth-order valence-corrected chi connectivity index (χ4v) is 1.87. The first-order chi connectivity index (χ1) is 9.01. The predicted molar refractivity (Wildman–Crippen MR) is 71.0 cm³/mol. The Morgan fingerprint density at radius 2 is 1.79 bits per heavy atom. The van der Waals surface area contributed by atoms with Gasteiger partial charge in [0.2, 0.25) is 0 Å². The molecule has 0 fully saturated rings. The minimum atomic E-state index is -0.936. The number of ether oxygens (including phenoxy) is 1. The molecule has 0 amide bonds. The molecule has 0 saturated carbocycles. The highest BCUT2D eigenvalue weighted by Crippen LogP contribution is 2.15. The number of ketones is 2. The quantitative estimate of drug-likeness (QED) is 0.551. The van der Waals surface area contributed by atoms with Gasteiger partial charge in [0.25, 0.3) is 0 Å². The summed E-state index contributed by atoms with van der Waals surface area (Å²) in [5.74, 6) is -1.51. The Morgan fingerprint density at radius 1 is 1.11 bits per heavy atom. The van der Waals surface area contributed by atoms with Crippen LogP contribution in [0.15, 0.2) is 0 Å². The highest BCUT2D eigenvalue weighted by molar-refractivity contribution is 5.84. The second kappa shape index (κ2) is 10.7. The molecule has 110 valence electrons. The lowest BCUT2D eigenvalue weighted by molar-refractivity contribution is -0.144. The van der Waals surface area contributed by atoms with Crippen molar-refractivity contribution in [3.63, 3.8) is 0 Å². The fourth-order valence-electron chi connectivity index (χ4n) is 1.87. The van der Waals surface area contributed by atoms with Crippen LogP contribution in [0.25, 0.3) is 0 Å². The highest BCUT2D eigenvalue weighted by atomic mass is 16.5. The van der Waals surface area contributed by atoms with Gasteiger partial charge in [-0.25, -0.2) is 0 Å². The van der Waals surface area contributed by atoms with Crippen LogP contribution in [0.4, 0.5) is 0 Å². The van der Waals surface area contributed by atoms with Crippen molar-refractivity contribution in [1.29, 1.82) is 0 Å². The van der Waals surface area contributed by atoms with E-state index in [-0.39, 0.29) is 24.6 Å². The smallest absolute Gasteiger partial charge is 0.306 e. The molecule has 0 aliphatic carbocycles. The van der Waals surface area contributed by atoms with E-state index in [0.717, 1.165) is 19.3 Å². The summed E-state index contributed by atoms with van der Waals surface area (Å²) in [5, 5.41) is 9.03. The van der Waals surface area contributed by atoms with Crippen molar-refractivity contribution in [1.82, 2.24) is 0 Å². The molecule has 0 radical (unpaired) electrons. The van der Waals surface area contributed by atoms with E-state index < -0.39 is 11.9 Å². The van der Waals surface area contributed by atoms with E-state index in [0.29, 0.717) is 19.3 Å². The second-order valence-corrected chi connectivity index (χ2v) is 4.70. The standard InChI is InChI=1S/C14H24O5/c1-3-12(15)8-6-4-5-7-11(14(17)18)9-13(16)10-19-2/h11H,3-10H2,1-2H3,(H,17,18). The van der Waals surface area contributed by atoms with Crippen LogP contribution >= 0.6 is 0 Å². The van der Waals surface area contributed by atoms with Gasteiger partial charge in [-0.3, -0.25) is 14.4 Å². The van der Waals surface area contributed by atoms with Crippen LogP contribution in [0, 0.1) is 5.92 Å². The Hall–Kier alpha value is -1.23. The zero-order valence-electron chi connectivity index (χ0n) is 11.8. The fraction of sp³-hybridized carbons (Fsp3) is 0.786. The maximum atomic E-state index is 11.3. The Kier molecular flexibility index (Phi) is 9.98. The molecule has 0 aromatic carbocycles. The first-order valence-corrected chi connectivity index (χ1v) is 6.76. The number of carboxylic acid groups (broad SMARTS) is 1. The van der Waals surface area contributed by atoms with E-state index in [2.05, 4.69) is 4.74 Å². The average molecular weight is 272 g/mol. The third-order valence-corrected chi connectivity index (χ3v) is 3.03. The van der Waals surface area contributed by atoms with Gasteiger partial charge in [0.1, 0.15) is 12.4 Å². The summed E-state index contributed by atoms with van der Waals surface area (Å²) in [5.41, 5.74) is 0. The molecule has 0 aromatic rings. The van der Waals surface area contributed by atoms with Gasteiger partial charge < -0.3 is 9.84 Å². The van der Waals surface area contributed by atoms with Crippen LogP contribution in [-0.4, -0.2) is 36.4 Å². The number of carboxylic acids is 1. The lowest BCUT2D eigenvalue weighted by Crippen LogP contribution is -2.20. The molecule has 5 heteroatoms. The summed E-state index contributed by atoms with van der Waals surface area (Å²) in [6.45, 7) is 1.80. The Labute approximate surface area is 114 Å². The van der Waals surface area contributed by atoms with Crippen molar-refractivity contribution in [2.75, 3.05) is 13.7 Å². The van der Waals surface area contributed by atoms with E-state index >= 15 is 0 Å². The summed E-state index contributed by atoms with van der Waals surface area (Å²) in [6, 6.07) is 0. The van der Waals surface area contributed by atoms with Gasteiger partial charge in [0, 0.05) is 26.4 Å². The van der Waals surface area contributed by atoms with E-state index in [9.17, 15) is 14.4 Å². The van der Waals surface area contributed by atoms with Crippen molar-refractivity contribution < 1.29 is 24.2 Å². The number of carbonyl (C=O) groups is 3. The summed E-state index contributed by atoms with van der Waals surface area (Å²) >= 11 is 0. The summed E-state index contributed by atoms with van der Waals surface area (Å²) < 4.78 is 4.69. The van der Waals surface area contributed by atoms with Crippen LogP contribution in [0.1, 0.15) is 51.9 Å². The molecule has 0 saturated heterocycles. The van der Waals surface area contributed by atoms with Crippen LogP contribution in [0.5, 0.6) is 0 Å². The maximum absolute atomic E-state index is 11.3. The molecule has 1 N–H and O–H groups in total. The van der Waals surface area contributed by atoms with Crippen molar-refractivity contribution in [3.8, 4) is 0 Å². The molecule has 0 aliphatic heterocycles. The number of unbranched alkanes of at least 4 members (excludes halogenated alkanes) is 2. The first-order valence-electron chi connectivity index (χ1n) is 6.76. The minimum Gasteiger partial charge on any atom is -0.481 e. The number of carbonyl (C=O) groups excluding carboxylic acids is 2. The van der Waals surface area contributed by atoms with Gasteiger partial charge >= 0.3 is 5.97 Å². The third-order valence-electron chi connectivity index (χ3n) is 3.03. The average Bonchev–Trinajstić information content (AvgIpc) is 2.36. The second-order valence-electron chi connectivity index (χ2n) is 4.70. The zero-order chi connectivity index (χ0) is 14.7. The molecule has 0 heterocycles. The molecule has 5 nitrogen and oxygen atoms in total. The third kappa shape index (κ3) is 9.36. The normalized spacial score (nSPS) is 12.1. The van der Waals surface area contributed by atoms with Crippen LogP contribution < -0.4 is 0 Å². The molecule has 0 bridgehead atoms. The lowest BCUT2D eigenvalue weighted by Gasteiger charge is -2.11. The maximum Gasteiger partial charge on any atom is 0.306 e. The van der Waals surface area contributed by atoms with Gasteiger partial charge in [-0.05, 0) is 12.8 Å². The van der Waals surface area contributed by atoms with Gasteiger partial charge in [0.15, 0.2) is 5.78 Å². The molecule has 0 rings (SSSR count). The minimum absolute atomic E-state index is 0.0249. The Morgan fingerprint density at radius 3 is 2.32 bits per heavy atom. The van der Waals surface area contributed by atoms with E-state index in [1.54, 1.807) is 0 Å². The number of hydrogen-bond donors (Lipinski definition) is 1. The number of aliphatic carboxylic acids is 1. The summed E-state index contributed by atoms with van der Waals surface area (Å²) in [6.07, 6.45) is 3.98. The summed E-state index contributed by atoms with van der Waals surface area (Å²) in [7, 11) is 1.42. The monoisotopic (exact) mass is 272 g/mol. The molecule has 0 aliphatic rings. The van der Waals surface area contributed by atoms with Crippen molar-refractivity contribution in [2.24, 2.45) is 5.92 Å². The number of rotatable bonds is 12. The molecule has 0 aromatic heterocycles. The first kappa shape index (κ1) is 17.8. The molecule has 19 heavy (non-hydrogen) atoms. The van der Waals surface area contributed by atoms with Crippen LogP contribution in [-0.2, 0) is 19.1 Å². The number of hydrogen-bond acceptors (Lipinski definition) is 4. The largest absolute Gasteiger partial charge is 0.481 e. The number of Topliss-reactive ketones (excluding diaryl/α,β-unsaturated/α-hetero) is 2. The summed E-state index contributed by atoms with van der Waals surface area (Å²) in [4.78, 5) is 33.4. The Bertz CT molecular complexity index is 298. The Balaban J connectivity index is 3.86. The van der Waals surface area contributed by atoms with Gasteiger partial charge in [0.05, 0.1) is 5.92 Å². The number of methoxy groups -OCH3 is 1. The SMILES string of the molecule is CCC(=O)CCCCCC(CC(=O)COC)C(=O)O. The molecule has 1 unspecified atom stereocenters.